The maximum absolute atomic E-state index is 12.6. The zero-order chi connectivity index (χ0) is 19.2. The van der Waals surface area contributed by atoms with Crippen molar-refractivity contribution in [2.75, 3.05) is 32.6 Å². The Labute approximate surface area is 161 Å². The van der Waals surface area contributed by atoms with Gasteiger partial charge in [-0.25, -0.2) is 0 Å². The van der Waals surface area contributed by atoms with Crippen LogP contribution in [-0.2, 0) is 11.2 Å². The topological polar surface area (TPSA) is 50.8 Å². The summed E-state index contributed by atoms with van der Waals surface area (Å²) in [4.78, 5) is 14.8. The zero-order valence-electron chi connectivity index (χ0n) is 16.3. The Morgan fingerprint density at radius 1 is 1.15 bits per heavy atom. The number of rotatable bonds is 7. The summed E-state index contributed by atoms with van der Waals surface area (Å²) < 4.78 is 10.9. The molecule has 0 aliphatic carbocycles. The molecule has 1 saturated heterocycles. The SMILES string of the molecule is CCc1ccc(NC(=O)CN2CCC[C@@H]2c2ccc(OC)cc2OC)cc1. The van der Waals surface area contributed by atoms with Gasteiger partial charge in [0.25, 0.3) is 0 Å². The van der Waals surface area contributed by atoms with E-state index in [0.717, 1.165) is 48.6 Å². The summed E-state index contributed by atoms with van der Waals surface area (Å²) in [6.07, 6.45) is 3.08. The molecule has 1 aliphatic heterocycles. The van der Waals surface area contributed by atoms with Gasteiger partial charge in [-0.2, -0.15) is 0 Å². The van der Waals surface area contributed by atoms with Gasteiger partial charge in [0.2, 0.25) is 5.91 Å². The molecule has 5 heteroatoms. The van der Waals surface area contributed by atoms with Crippen LogP contribution < -0.4 is 14.8 Å². The molecule has 0 saturated carbocycles. The van der Waals surface area contributed by atoms with E-state index in [1.165, 1.54) is 5.56 Å². The fourth-order valence-electron chi connectivity index (χ4n) is 3.67. The van der Waals surface area contributed by atoms with E-state index in [4.69, 9.17) is 9.47 Å². The van der Waals surface area contributed by atoms with Crippen molar-refractivity contribution in [1.82, 2.24) is 4.90 Å². The number of likely N-dealkylation sites (tertiary alicyclic amines) is 1. The second-order valence-electron chi connectivity index (χ2n) is 6.84. The number of benzene rings is 2. The molecule has 0 radical (unpaired) electrons. The fourth-order valence-corrected chi connectivity index (χ4v) is 3.67. The minimum Gasteiger partial charge on any atom is -0.497 e. The molecule has 1 N–H and O–H groups in total. The molecule has 27 heavy (non-hydrogen) atoms. The maximum atomic E-state index is 12.6. The van der Waals surface area contributed by atoms with Crippen molar-refractivity contribution in [3.05, 3.63) is 53.6 Å². The van der Waals surface area contributed by atoms with Gasteiger partial charge in [0.05, 0.1) is 20.8 Å². The highest BCUT2D eigenvalue weighted by Crippen LogP contribution is 2.38. The van der Waals surface area contributed by atoms with Crippen molar-refractivity contribution in [3.63, 3.8) is 0 Å². The third-order valence-electron chi connectivity index (χ3n) is 5.16. The van der Waals surface area contributed by atoms with Crippen LogP contribution in [0.25, 0.3) is 0 Å². The Bertz CT molecular complexity index is 774. The summed E-state index contributed by atoms with van der Waals surface area (Å²) in [5.41, 5.74) is 3.21. The van der Waals surface area contributed by atoms with E-state index in [0.29, 0.717) is 6.54 Å². The molecule has 2 aromatic rings. The lowest BCUT2D eigenvalue weighted by atomic mass is 10.0. The van der Waals surface area contributed by atoms with Crippen molar-refractivity contribution in [2.24, 2.45) is 0 Å². The van der Waals surface area contributed by atoms with Crippen LogP contribution in [0.3, 0.4) is 0 Å². The van der Waals surface area contributed by atoms with E-state index in [1.807, 2.05) is 30.3 Å². The van der Waals surface area contributed by atoms with E-state index in [-0.39, 0.29) is 11.9 Å². The Morgan fingerprint density at radius 2 is 1.93 bits per heavy atom. The Balaban J connectivity index is 1.68. The monoisotopic (exact) mass is 368 g/mol. The molecule has 3 rings (SSSR count). The van der Waals surface area contributed by atoms with Crippen LogP contribution in [0.4, 0.5) is 5.69 Å². The third kappa shape index (κ3) is 4.61. The molecule has 0 bridgehead atoms. The molecule has 1 aliphatic rings. The van der Waals surface area contributed by atoms with Gasteiger partial charge >= 0.3 is 0 Å². The van der Waals surface area contributed by atoms with Crippen LogP contribution in [0.15, 0.2) is 42.5 Å². The lowest BCUT2D eigenvalue weighted by Crippen LogP contribution is -2.33. The number of nitrogens with one attached hydrogen (secondary N) is 1. The summed E-state index contributed by atoms with van der Waals surface area (Å²) in [5, 5.41) is 3.01. The standard InChI is InChI=1S/C22H28N2O3/c1-4-16-7-9-17(10-8-16)23-22(25)15-24-13-5-6-20(24)19-12-11-18(26-2)14-21(19)27-3/h7-12,14,20H,4-6,13,15H2,1-3H3,(H,23,25)/t20-/m1/s1. The number of methoxy groups -OCH3 is 2. The van der Waals surface area contributed by atoms with Gasteiger partial charge in [0.15, 0.2) is 0 Å². The molecule has 0 spiro atoms. The molecular formula is C22H28N2O3. The van der Waals surface area contributed by atoms with E-state index < -0.39 is 0 Å². The summed E-state index contributed by atoms with van der Waals surface area (Å²) in [5.74, 6) is 1.59. The van der Waals surface area contributed by atoms with Gasteiger partial charge in [-0.05, 0) is 49.6 Å². The van der Waals surface area contributed by atoms with E-state index >= 15 is 0 Å². The lowest BCUT2D eigenvalue weighted by molar-refractivity contribution is -0.117. The van der Waals surface area contributed by atoms with Crippen molar-refractivity contribution in [2.45, 2.75) is 32.2 Å². The largest absolute Gasteiger partial charge is 0.497 e. The van der Waals surface area contributed by atoms with Crippen LogP contribution in [0.1, 0.15) is 36.9 Å². The second-order valence-corrected chi connectivity index (χ2v) is 6.84. The number of hydrogen-bond acceptors (Lipinski definition) is 4. The zero-order valence-corrected chi connectivity index (χ0v) is 16.3. The average molecular weight is 368 g/mol. The number of amides is 1. The average Bonchev–Trinajstić information content (AvgIpc) is 3.15. The van der Waals surface area contributed by atoms with Crippen LogP contribution in [0, 0.1) is 0 Å². The molecular weight excluding hydrogens is 340 g/mol. The molecule has 0 aromatic heterocycles. The van der Waals surface area contributed by atoms with Gasteiger partial charge < -0.3 is 14.8 Å². The predicted octanol–water partition coefficient (Wildman–Crippen LogP) is 4.04. The first-order chi connectivity index (χ1) is 13.1. The van der Waals surface area contributed by atoms with Gasteiger partial charge in [-0.15, -0.1) is 0 Å². The molecule has 1 fully saturated rings. The summed E-state index contributed by atoms with van der Waals surface area (Å²) in [6, 6.07) is 14.1. The Hall–Kier alpha value is -2.53. The smallest absolute Gasteiger partial charge is 0.238 e. The van der Waals surface area contributed by atoms with Gasteiger partial charge in [-0.3, -0.25) is 9.69 Å². The Kier molecular flexibility index (Phi) is 6.35. The number of carbonyl (C=O) groups excluding carboxylic acids is 1. The molecule has 0 unspecified atom stereocenters. The highest BCUT2D eigenvalue weighted by atomic mass is 16.5. The quantitative estimate of drug-likeness (QED) is 0.801. The number of anilines is 1. The number of nitrogens with zero attached hydrogens (tertiary/aromatic N) is 1. The van der Waals surface area contributed by atoms with Crippen LogP contribution >= 0.6 is 0 Å². The van der Waals surface area contributed by atoms with Crippen molar-refractivity contribution < 1.29 is 14.3 Å². The highest BCUT2D eigenvalue weighted by molar-refractivity contribution is 5.92. The number of ether oxygens (including phenoxy) is 2. The molecule has 1 atom stereocenters. The number of carbonyl (C=O) groups is 1. The van der Waals surface area contributed by atoms with E-state index in [2.05, 4.69) is 29.3 Å². The first kappa shape index (κ1) is 19.2. The third-order valence-corrected chi connectivity index (χ3v) is 5.16. The normalized spacial score (nSPS) is 16.9. The number of hydrogen-bond donors (Lipinski definition) is 1. The first-order valence-corrected chi connectivity index (χ1v) is 9.49. The summed E-state index contributed by atoms with van der Waals surface area (Å²) in [7, 11) is 3.32. The summed E-state index contributed by atoms with van der Waals surface area (Å²) >= 11 is 0. The van der Waals surface area contributed by atoms with Crippen LogP contribution in [0.5, 0.6) is 11.5 Å². The van der Waals surface area contributed by atoms with Gasteiger partial charge in [0, 0.05) is 23.4 Å². The van der Waals surface area contributed by atoms with Gasteiger partial charge in [-0.1, -0.05) is 25.1 Å². The van der Waals surface area contributed by atoms with Gasteiger partial charge in [0.1, 0.15) is 11.5 Å². The van der Waals surface area contributed by atoms with Crippen molar-refractivity contribution in [1.29, 1.82) is 0 Å². The first-order valence-electron chi connectivity index (χ1n) is 9.49. The van der Waals surface area contributed by atoms with E-state index in [1.54, 1.807) is 14.2 Å². The minimum absolute atomic E-state index is 0.0126. The predicted molar refractivity (Wildman–Crippen MR) is 108 cm³/mol. The molecule has 144 valence electrons. The van der Waals surface area contributed by atoms with Crippen molar-refractivity contribution in [3.8, 4) is 11.5 Å². The minimum atomic E-state index is 0.0126. The molecule has 5 nitrogen and oxygen atoms in total. The molecule has 1 amide bonds. The second kappa shape index (κ2) is 8.91. The van der Waals surface area contributed by atoms with Crippen LogP contribution in [0.2, 0.25) is 0 Å². The number of aryl methyl sites for hydroxylation is 1. The van der Waals surface area contributed by atoms with E-state index in [9.17, 15) is 4.79 Å². The highest BCUT2D eigenvalue weighted by Gasteiger charge is 2.29. The summed E-state index contributed by atoms with van der Waals surface area (Å²) in [6.45, 7) is 3.39. The van der Waals surface area contributed by atoms with Crippen molar-refractivity contribution >= 4 is 11.6 Å². The molecule has 1 heterocycles. The fraction of sp³-hybridized carbons (Fsp3) is 0.409. The van der Waals surface area contributed by atoms with Crippen LogP contribution in [-0.4, -0.2) is 38.1 Å². The maximum Gasteiger partial charge on any atom is 0.238 e. The lowest BCUT2D eigenvalue weighted by Gasteiger charge is -2.26. The molecule has 2 aromatic carbocycles. The Morgan fingerprint density at radius 3 is 2.59 bits per heavy atom.